The molecule has 8 heteroatoms. The van der Waals surface area contributed by atoms with Crippen molar-refractivity contribution in [3.63, 3.8) is 0 Å². The van der Waals surface area contributed by atoms with Gasteiger partial charge in [-0.1, -0.05) is 36.4 Å². The van der Waals surface area contributed by atoms with Crippen LogP contribution in [0, 0.1) is 17.1 Å². The van der Waals surface area contributed by atoms with Crippen LogP contribution in [-0.2, 0) is 22.7 Å². The first-order chi connectivity index (χ1) is 18.4. The van der Waals surface area contributed by atoms with Crippen molar-refractivity contribution in [1.29, 1.82) is 5.26 Å². The highest BCUT2D eigenvalue weighted by Gasteiger charge is 2.35. The van der Waals surface area contributed by atoms with E-state index in [0.717, 1.165) is 4.90 Å². The molecule has 3 aromatic rings. The Morgan fingerprint density at radius 3 is 2.34 bits per heavy atom. The van der Waals surface area contributed by atoms with Gasteiger partial charge < -0.3 is 14.2 Å². The fourth-order valence-electron chi connectivity index (χ4n) is 4.02. The van der Waals surface area contributed by atoms with E-state index in [4.69, 9.17) is 14.2 Å². The highest BCUT2D eigenvalue weighted by atomic mass is 19.1. The zero-order valence-corrected chi connectivity index (χ0v) is 21.2. The van der Waals surface area contributed by atoms with Crippen LogP contribution in [0.5, 0.6) is 17.2 Å². The molecular formula is C30H25FN2O5. The lowest BCUT2D eigenvalue weighted by Gasteiger charge is -2.27. The first kappa shape index (κ1) is 26.2. The fourth-order valence-corrected chi connectivity index (χ4v) is 4.02. The van der Waals surface area contributed by atoms with Crippen LogP contribution < -0.4 is 14.2 Å². The lowest BCUT2D eigenvalue weighted by molar-refractivity contribution is -0.141. The molecule has 0 aromatic heterocycles. The topological polar surface area (TPSA) is 88.9 Å². The molecule has 0 aliphatic carbocycles. The zero-order chi connectivity index (χ0) is 27.2. The number of benzene rings is 3. The maximum atomic E-state index is 14.0. The van der Waals surface area contributed by atoms with Crippen LogP contribution in [0.15, 0.2) is 83.4 Å². The highest BCUT2D eigenvalue weighted by Crippen LogP contribution is 2.33. The summed E-state index contributed by atoms with van der Waals surface area (Å²) < 4.78 is 30.3. The van der Waals surface area contributed by atoms with Crippen LogP contribution in [0.4, 0.5) is 4.39 Å². The predicted octanol–water partition coefficient (Wildman–Crippen LogP) is 5.21. The van der Waals surface area contributed by atoms with Gasteiger partial charge in [-0.15, -0.1) is 0 Å². The third-order valence-corrected chi connectivity index (χ3v) is 6.16. The van der Waals surface area contributed by atoms with E-state index in [0.29, 0.717) is 39.5 Å². The normalized spacial score (nSPS) is 14.5. The number of nitriles is 1. The second-order valence-electron chi connectivity index (χ2n) is 8.50. The molecule has 0 saturated carbocycles. The minimum absolute atomic E-state index is 0.00358. The summed E-state index contributed by atoms with van der Waals surface area (Å²) >= 11 is 0. The predicted molar refractivity (Wildman–Crippen MR) is 139 cm³/mol. The molecule has 2 amide bonds. The lowest BCUT2D eigenvalue weighted by Crippen LogP contribution is -2.42. The number of nitrogens with zero attached hydrogens (tertiary/aromatic N) is 2. The molecule has 0 unspecified atom stereocenters. The van der Waals surface area contributed by atoms with Crippen molar-refractivity contribution in [3.8, 4) is 23.3 Å². The van der Waals surface area contributed by atoms with Crippen LogP contribution in [0.3, 0.4) is 0 Å². The summed E-state index contributed by atoms with van der Waals surface area (Å²) in [6.07, 6.45) is 1.60. The molecule has 38 heavy (non-hydrogen) atoms. The van der Waals surface area contributed by atoms with E-state index in [9.17, 15) is 19.2 Å². The van der Waals surface area contributed by atoms with Gasteiger partial charge in [0.2, 0.25) is 0 Å². The molecule has 4 rings (SSSR count). The largest absolute Gasteiger partial charge is 0.497 e. The molecule has 0 radical (unpaired) electrons. The van der Waals surface area contributed by atoms with E-state index < -0.39 is 11.8 Å². The molecule has 1 aliphatic rings. The summed E-state index contributed by atoms with van der Waals surface area (Å²) in [7, 11) is 3.02. The Hall–Kier alpha value is -4.90. The van der Waals surface area contributed by atoms with Crippen LogP contribution in [-0.4, -0.2) is 30.9 Å². The molecule has 3 aromatic carbocycles. The van der Waals surface area contributed by atoms with Crippen molar-refractivity contribution in [2.75, 3.05) is 14.2 Å². The molecule has 0 bridgehead atoms. The number of carbonyl (C=O) groups excluding carboxylic acids is 2. The average molecular weight is 513 g/mol. The summed E-state index contributed by atoms with van der Waals surface area (Å²) in [5.41, 5.74) is 2.13. The molecule has 1 heterocycles. The van der Waals surface area contributed by atoms with Crippen molar-refractivity contribution in [1.82, 2.24) is 4.90 Å². The maximum absolute atomic E-state index is 14.0. The Balaban J connectivity index is 1.63. The monoisotopic (exact) mass is 512 g/mol. The summed E-state index contributed by atoms with van der Waals surface area (Å²) in [6.45, 7) is 1.59. The number of rotatable bonds is 8. The fraction of sp³-hybridized carbons (Fsp3) is 0.167. The van der Waals surface area contributed by atoms with Crippen molar-refractivity contribution >= 4 is 17.9 Å². The molecule has 0 fully saturated rings. The van der Waals surface area contributed by atoms with E-state index in [2.05, 4.69) is 0 Å². The van der Waals surface area contributed by atoms with Crippen LogP contribution >= 0.6 is 0 Å². The van der Waals surface area contributed by atoms with Crippen LogP contribution in [0.2, 0.25) is 0 Å². The van der Waals surface area contributed by atoms with Gasteiger partial charge in [0, 0.05) is 11.1 Å². The Kier molecular flexibility index (Phi) is 7.88. The Bertz CT molecular complexity index is 1490. The first-order valence-corrected chi connectivity index (χ1v) is 11.7. The third-order valence-electron chi connectivity index (χ3n) is 6.16. The van der Waals surface area contributed by atoms with Crippen molar-refractivity contribution in [3.05, 3.63) is 106 Å². The average Bonchev–Trinajstić information content (AvgIpc) is 2.94. The van der Waals surface area contributed by atoms with Crippen LogP contribution in [0.25, 0.3) is 6.08 Å². The van der Waals surface area contributed by atoms with Gasteiger partial charge in [-0.05, 0) is 60.0 Å². The summed E-state index contributed by atoms with van der Waals surface area (Å²) in [4.78, 5) is 27.5. The van der Waals surface area contributed by atoms with E-state index in [1.165, 1.54) is 13.2 Å². The molecule has 192 valence electrons. The minimum atomic E-state index is -0.641. The number of halogens is 1. The number of amides is 2. The lowest BCUT2D eigenvalue weighted by atomic mass is 9.93. The van der Waals surface area contributed by atoms with Gasteiger partial charge in [-0.2, -0.15) is 5.26 Å². The van der Waals surface area contributed by atoms with Gasteiger partial charge in [-0.25, -0.2) is 4.39 Å². The minimum Gasteiger partial charge on any atom is -0.497 e. The second-order valence-corrected chi connectivity index (χ2v) is 8.50. The number of ether oxygens (including phenoxy) is 3. The highest BCUT2D eigenvalue weighted by molar-refractivity contribution is 6.19. The molecule has 1 aliphatic heterocycles. The van der Waals surface area contributed by atoms with Gasteiger partial charge in [0.05, 0.1) is 20.8 Å². The maximum Gasteiger partial charge on any atom is 0.271 e. The second kappa shape index (κ2) is 11.4. The molecule has 7 nitrogen and oxygen atoms in total. The number of hydrogen-bond donors (Lipinski definition) is 0. The number of methoxy groups -OCH3 is 2. The number of imide groups is 1. The first-order valence-electron chi connectivity index (χ1n) is 11.7. The Morgan fingerprint density at radius 1 is 0.947 bits per heavy atom. The van der Waals surface area contributed by atoms with E-state index in [1.54, 1.807) is 80.8 Å². The van der Waals surface area contributed by atoms with Crippen LogP contribution in [0.1, 0.15) is 23.6 Å². The van der Waals surface area contributed by atoms with Gasteiger partial charge in [0.15, 0.2) is 11.5 Å². The van der Waals surface area contributed by atoms with Crippen molar-refractivity contribution < 1.29 is 28.2 Å². The molecule has 0 atom stereocenters. The van der Waals surface area contributed by atoms with Gasteiger partial charge in [0.25, 0.3) is 11.8 Å². The number of carbonyl (C=O) groups is 2. The molecular weight excluding hydrogens is 487 g/mol. The SMILES string of the molecule is COc1ccc(CN2C(=O)C(C#N)=C(C)/C(=C\c3ccc(OCc4ccccc4F)c(OC)c3)C2=O)cc1. The van der Waals surface area contributed by atoms with Crippen molar-refractivity contribution in [2.24, 2.45) is 0 Å². The summed E-state index contributed by atoms with van der Waals surface area (Å²) in [6, 6.07) is 20.3. The molecule has 0 saturated heterocycles. The van der Waals surface area contributed by atoms with E-state index >= 15 is 0 Å². The van der Waals surface area contributed by atoms with Gasteiger partial charge in [-0.3, -0.25) is 14.5 Å². The van der Waals surface area contributed by atoms with Crippen molar-refractivity contribution in [2.45, 2.75) is 20.1 Å². The summed E-state index contributed by atoms with van der Waals surface area (Å²) in [5.74, 6) is -0.0951. The Morgan fingerprint density at radius 2 is 1.68 bits per heavy atom. The third kappa shape index (κ3) is 5.42. The standard InChI is InChI=1S/C30H25FN2O5/c1-19-24(29(34)33(30(35)25(19)16-32)17-20-8-11-23(36-2)12-9-20)14-21-10-13-27(28(15-21)37-3)38-18-22-6-4-5-7-26(22)31/h4-15H,17-18H2,1-3H3/b24-14+. The van der Waals surface area contributed by atoms with Gasteiger partial charge >= 0.3 is 0 Å². The Labute approximate surface area is 220 Å². The van der Waals surface area contributed by atoms with Gasteiger partial charge in [0.1, 0.15) is 29.8 Å². The zero-order valence-electron chi connectivity index (χ0n) is 21.2. The van der Waals surface area contributed by atoms with E-state index in [-0.39, 0.29) is 30.1 Å². The van der Waals surface area contributed by atoms with E-state index in [1.807, 2.05) is 6.07 Å². The smallest absolute Gasteiger partial charge is 0.271 e. The quantitative estimate of drug-likeness (QED) is 0.304. The summed E-state index contributed by atoms with van der Waals surface area (Å²) in [5, 5.41) is 9.67. The molecule has 0 spiro atoms. The number of hydrogen-bond acceptors (Lipinski definition) is 6. The molecule has 0 N–H and O–H groups in total.